The van der Waals surface area contributed by atoms with E-state index in [0.29, 0.717) is 6.04 Å². The third-order valence-corrected chi connectivity index (χ3v) is 1.36. The molecule has 0 aliphatic heterocycles. The van der Waals surface area contributed by atoms with Crippen LogP contribution in [-0.2, 0) is 0 Å². The Labute approximate surface area is 49.9 Å². The summed E-state index contributed by atoms with van der Waals surface area (Å²) >= 11 is 0. The van der Waals surface area contributed by atoms with E-state index in [4.69, 9.17) is 5.84 Å². The summed E-state index contributed by atoms with van der Waals surface area (Å²) in [5.74, 6) is 5.55. The average Bonchev–Trinajstić information content (AvgIpc) is 2.45. The molecule has 0 saturated heterocycles. The van der Waals surface area contributed by atoms with Crippen LogP contribution < -0.4 is 5.84 Å². The molecule has 0 unspecified atom stereocenters. The summed E-state index contributed by atoms with van der Waals surface area (Å²) in [6.45, 7) is 4.41. The van der Waals surface area contributed by atoms with Crippen LogP contribution in [0, 0.1) is 0 Å². The number of nitrogens with two attached hydrogens (primary N) is 1. The Morgan fingerprint density at radius 1 is 1.75 bits per heavy atom. The summed E-state index contributed by atoms with van der Waals surface area (Å²) in [6.07, 6.45) is 4.37. The first-order chi connectivity index (χ1) is 3.84. The molecule has 0 radical (unpaired) electrons. The van der Waals surface area contributed by atoms with Crippen molar-refractivity contribution in [3.63, 3.8) is 0 Å². The molecule has 1 aliphatic rings. The van der Waals surface area contributed by atoms with Crippen LogP contribution in [0.3, 0.4) is 0 Å². The Bertz CT molecular complexity index is 86.5. The molecule has 0 atom stereocenters. The molecule has 2 nitrogen and oxygen atoms in total. The highest BCUT2D eigenvalue weighted by Gasteiger charge is 2.25. The molecule has 0 aromatic rings. The minimum absolute atomic E-state index is 0.660. The van der Waals surface area contributed by atoms with Crippen LogP contribution in [-0.4, -0.2) is 17.6 Å². The first kappa shape index (κ1) is 5.79. The molecule has 1 rings (SSSR count). The van der Waals surface area contributed by atoms with Gasteiger partial charge in [0, 0.05) is 12.6 Å². The summed E-state index contributed by atoms with van der Waals surface area (Å²) in [5.41, 5.74) is 0. The molecular weight excluding hydrogens is 100 g/mol. The summed E-state index contributed by atoms with van der Waals surface area (Å²) < 4.78 is 0. The fraction of sp³-hybridized carbons (Fsp3) is 0.667. The van der Waals surface area contributed by atoms with Crippen molar-refractivity contribution < 1.29 is 0 Å². The zero-order valence-corrected chi connectivity index (χ0v) is 5.01. The Kier molecular flexibility index (Phi) is 1.65. The van der Waals surface area contributed by atoms with E-state index in [1.165, 1.54) is 12.8 Å². The maximum Gasteiger partial charge on any atom is 0.0309 e. The number of nitrogens with zero attached hydrogens (tertiary/aromatic N) is 1. The summed E-state index contributed by atoms with van der Waals surface area (Å²) in [7, 11) is 0. The van der Waals surface area contributed by atoms with Crippen LogP contribution in [0.2, 0.25) is 0 Å². The molecule has 0 heterocycles. The van der Waals surface area contributed by atoms with Crippen LogP contribution in [0.5, 0.6) is 0 Å². The van der Waals surface area contributed by atoms with Crippen molar-refractivity contribution in [3.8, 4) is 0 Å². The zero-order chi connectivity index (χ0) is 5.98. The Morgan fingerprint density at radius 2 is 2.38 bits per heavy atom. The largest absolute Gasteiger partial charge is 0.268 e. The summed E-state index contributed by atoms with van der Waals surface area (Å²) in [4.78, 5) is 0. The molecule has 1 aliphatic carbocycles. The molecule has 2 N–H and O–H groups in total. The van der Waals surface area contributed by atoms with E-state index in [-0.39, 0.29) is 0 Å². The number of hydrogen-bond donors (Lipinski definition) is 1. The van der Waals surface area contributed by atoms with Crippen molar-refractivity contribution in [2.24, 2.45) is 5.84 Å². The first-order valence-corrected chi connectivity index (χ1v) is 2.97. The molecule has 1 saturated carbocycles. The molecule has 0 aromatic heterocycles. The van der Waals surface area contributed by atoms with Crippen LogP contribution in [0.1, 0.15) is 12.8 Å². The SMILES string of the molecule is C=CCN(N)C1CC1. The number of hydrogen-bond acceptors (Lipinski definition) is 2. The lowest BCUT2D eigenvalue weighted by Gasteiger charge is -2.10. The van der Waals surface area contributed by atoms with Gasteiger partial charge in [0.25, 0.3) is 0 Å². The van der Waals surface area contributed by atoms with Crippen molar-refractivity contribution in [2.45, 2.75) is 18.9 Å². The van der Waals surface area contributed by atoms with E-state index >= 15 is 0 Å². The minimum Gasteiger partial charge on any atom is -0.268 e. The van der Waals surface area contributed by atoms with E-state index in [1.807, 2.05) is 11.1 Å². The number of rotatable bonds is 3. The standard InChI is InChI=1S/C6H12N2/c1-2-5-8(7)6-3-4-6/h2,6H,1,3-5,7H2. The quantitative estimate of drug-likeness (QED) is 0.327. The second-order valence-corrected chi connectivity index (χ2v) is 2.22. The maximum atomic E-state index is 5.55. The van der Waals surface area contributed by atoms with E-state index in [9.17, 15) is 0 Å². The normalized spacial score (nSPS) is 19.2. The molecule has 8 heavy (non-hydrogen) atoms. The van der Waals surface area contributed by atoms with Crippen molar-refractivity contribution in [1.29, 1.82) is 0 Å². The van der Waals surface area contributed by atoms with Gasteiger partial charge in [0.2, 0.25) is 0 Å². The molecule has 46 valence electrons. The first-order valence-electron chi connectivity index (χ1n) is 2.97. The van der Waals surface area contributed by atoms with Gasteiger partial charge in [0.15, 0.2) is 0 Å². The van der Waals surface area contributed by atoms with Crippen molar-refractivity contribution >= 4 is 0 Å². The van der Waals surface area contributed by atoms with Crippen molar-refractivity contribution in [2.75, 3.05) is 6.54 Å². The van der Waals surface area contributed by atoms with Gasteiger partial charge in [-0.3, -0.25) is 5.84 Å². The lowest BCUT2D eigenvalue weighted by molar-refractivity contribution is 0.304. The second-order valence-electron chi connectivity index (χ2n) is 2.22. The van der Waals surface area contributed by atoms with Crippen LogP contribution in [0.4, 0.5) is 0 Å². The molecular formula is C6H12N2. The van der Waals surface area contributed by atoms with Crippen molar-refractivity contribution in [1.82, 2.24) is 5.01 Å². The molecule has 0 amide bonds. The average molecular weight is 112 g/mol. The molecule has 0 bridgehead atoms. The topological polar surface area (TPSA) is 29.3 Å². The Balaban J connectivity index is 2.12. The van der Waals surface area contributed by atoms with E-state index < -0.39 is 0 Å². The van der Waals surface area contributed by atoms with Gasteiger partial charge < -0.3 is 0 Å². The summed E-state index contributed by atoms with van der Waals surface area (Å²) in [5, 5.41) is 1.84. The smallest absolute Gasteiger partial charge is 0.0309 e. The third-order valence-electron chi connectivity index (χ3n) is 1.36. The predicted octanol–water partition coefficient (Wildman–Crippen LogP) is 0.511. The highest BCUT2D eigenvalue weighted by Crippen LogP contribution is 2.23. The Hall–Kier alpha value is -0.340. The highest BCUT2D eigenvalue weighted by molar-refractivity contribution is 4.84. The molecule has 1 fully saturated rings. The van der Waals surface area contributed by atoms with E-state index in [2.05, 4.69) is 6.58 Å². The molecule has 2 heteroatoms. The van der Waals surface area contributed by atoms with Crippen molar-refractivity contribution in [3.05, 3.63) is 12.7 Å². The van der Waals surface area contributed by atoms with Gasteiger partial charge in [-0.25, -0.2) is 5.01 Å². The van der Waals surface area contributed by atoms with Gasteiger partial charge in [-0.1, -0.05) is 6.08 Å². The highest BCUT2D eigenvalue weighted by atomic mass is 15.4. The molecule has 0 aromatic carbocycles. The Morgan fingerprint density at radius 3 is 2.75 bits per heavy atom. The third kappa shape index (κ3) is 1.32. The maximum absolute atomic E-state index is 5.55. The van der Waals surface area contributed by atoms with Crippen LogP contribution in [0.15, 0.2) is 12.7 Å². The van der Waals surface area contributed by atoms with Gasteiger partial charge in [-0.15, -0.1) is 6.58 Å². The zero-order valence-electron chi connectivity index (χ0n) is 5.01. The van der Waals surface area contributed by atoms with Gasteiger partial charge in [-0.2, -0.15) is 0 Å². The van der Waals surface area contributed by atoms with E-state index in [0.717, 1.165) is 6.54 Å². The molecule has 0 spiro atoms. The summed E-state index contributed by atoms with van der Waals surface area (Å²) in [6, 6.07) is 0.660. The van der Waals surface area contributed by atoms with E-state index in [1.54, 1.807) is 0 Å². The fourth-order valence-corrected chi connectivity index (χ4v) is 0.704. The van der Waals surface area contributed by atoms with Gasteiger partial charge in [0.05, 0.1) is 0 Å². The second kappa shape index (κ2) is 2.29. The lowest BCUT2D eigenvalue weighted by atomic mass is 10.5. The monoisotopic (exact) mass is 112 g/mol. The predicted molar refractivity (Wildman–Crippen MR) is 34.1 cm³/mol. The van der Waals surface area contributed by atoms with Crippen LogP contribution >= 0.6 is 0 Å². The fourth-order valence-electron chi connectivity index (χ4n) is 0.704. The number of hydrazine groups is 1. The van der Waals surface area contributed by atoms with Crippen LogP contribution in [0.25, 0.3) is 0 Å². The van der Waals surface area contributed by atoms with Gasteiger partial charge in [0.1, 0.15) is 0 Å². The van der Waals surface area contributed by atoms with Gasteiger partial charge >= 0.3 is 0 Å². The lowest BCUT2D eigenvalue weighted by Crippen LogP contribution is -2.32. The minimum atomic E-state index is 0.660. The van der Waals surface area contributed by atoms with Gasteiger partial charge in [-0.05, 0) is 12.8 Å².